The number of hydrogen-bond acceptors (Lipinski definition) is 4. The first-order valence-electron chi connectivity index (χ1n) is 8.68. The molecule has 0 N–H and O–H groups in total. The number of hydrogen-bond donors (Lipinski definition) is 0. The monoisotopic (exact) mass is 398 g/mol. The molecule has 2 aromatic carbocycles. The molecule has 0 spiro atoms. The van der Waals surface area contributed by atoms with Gasteiger partial charge in [-0.15, -0.1) is 11.3 Å². The summed E-state index contributed by atoms with van der Waals surface area (Å²) in [6, 6.07) is 15.4. The standard InChI is InChI=1S/C21H19ClN2O2S/c1-14-7-8-15(22)19(13-14)26-18-9-12-27-20(18)21(25)24-11-10-23(2)16-5-3-4-6-17(16)24/h3-9,12-13H,10-11H2,1-2H3. The van der Waals surface area contributed by atoms with Gasteiger partial charge in [0.2, 0.25) is 0 Å². The lowest BCUT2D eigenvalue weighted by molar-refractivity contribution is 0.0988. The van der Waals surface area contributed by atoms with Gasteiger partial charge in [-0.3, -0.25) is 4.79 Å². The number of rotatable bonds is 3. The maximum atomic E-state index is 13.3. The Hall–Kier alpha value is -2.50. The van der Waals surface area contributed by atoms with Crippen LogP contribution in [0.2, 0.25) is 5.02 Å². The van der Waals surface area contributed by atoms with Crippen LogP contribution in [0, 0.1) is 6.92 Å². The lowest BCUT2D eigenvalue weighted by Gasteiger charge is -2.35. The molecule has 0 unspecified atom stereocenters. The molecular weight excluding hydrogens is 380 g/mol. The molecule has 0 fully saturated rings. The Kier molecular flexibility index (Phi) is 4.81. The number of halogens is 1. The Morgan fingerprint density at radius 3 is 2.67 bits per heavy atom. The molecule has 0 bridgehead atoms. The van der Waals surface area contributed by atoms with Crippen molar-refractivity contribution in [3.63, 3.8) is 0 Å². The van der Waals surface area contributed by atoms with Gasteiger partial charge in [0, 0.05) is 20.1 Å². The van der Waals surface area contributed by atoms with Crippen molar-refractivity contribution >= 4 is 40.2 Å². The second kappa shape index (κ2) is 7.25. The average molecular weight is 399 g/mol. The van der Waals surface area contributed by atoms with Gasteiger partial charge in [-0.25, -0.2) is 0 Å². The number of amides is 1. The van der Waals surface area contributed by atoms with E-state index in [0.29, 0.717) is 27.9 Å². The number of thiophene rings is 1. The molecule has 0 radical (unpaired) electrons. The molecule has 1 aliphatic heterocycles. The first-order chi connectivity index (χ1) is 13.0. The van der Waals surface area contributed by atoms with Crippen LogP contribution in [0.3, 0.4) is 0 Å². The Labute approximate surface area is 167 Å². The van der Waals surface area contributed by atoms with Crippen LogP contribution in [0.1, 0.15) is 15.2 Å². The number of para-hydroxylation sites is 2. The minimum Gasteiger partial charge on any atom is -0.454 e. The average Bonchev–Trinajstić information content (AvgIpc) is 3.13. The molecule has 138 valence electrons. The summed E-state index contributed by atoms with van der Waals surface area (Å²) in [5.74, 6) is 1.04. The molecule has 6 heteroatoms. The summed E-state index contributed by atoms with van der Waals surface area (Å²) in [5, 5.41) is 2.39. The summed E-state index contributed by atoms with van der Waals surface area (Å²) in [6.45, 7) is 3.40. The lowest BCUT2D eigenvalue weighted by Crippen LogP contribution is -2.42. The van der Waals surface area contributed by atoms with E-state index in [2.05, 4.69) is 4.90 Å². The first-order valence-corrected chi connectivity index (χ1v) is 9.94. The highest BCUT2D eigenvalue weighted by atomic mass is 35.5. The fourth-order valence-electron chi connectivity index (χ4n) is 3.18. The largest absolute Gasteiger partial charge is 0.454 e. The SMILES string of the molecule is Cc1ccc(Cl)c(Oc2ccsc2C(=O)N2CCN(C)c3ccccc32)c1. The van der Waals surface area contributed by atoms with E-state index < -0.39 is 0 Å². The smallest absolute Gasteiger partial charge is 0.272 e. The number of likely N-dealkylation sites (N-methyl/N-ethyl adjacent to an activating group) is 1. The summed E-state index contributed by atoms with van der Waals surface area (Å²) in [5.41, 5.74) is 3.02. The van der Waals surface area contributed by atoms with E-state index in [1.165, 1.54) is 11.3 Å². The number of benzene rings is 2. The van der Waals surface area contributed by atoms with Gasteiger partial charge in [0.1, 0.15) is 10.6 Å². The molecule has 4 nitrogen and oxygen atoms in total. The van der Waals surface area contributed by atoms with Gasteiger partial charge in [0.15, 0.2) is 5.75 Å². The molecular formula is C21H19ClN2O2S. The van der Waals surface area contributed by atoms with Gasteiger partial charge in [-0.1, -0.05) is 29.8 Å². The number of nitrogens with zero attached hydrogens (tertiary/aromatic N) is 2. The van der Waals surface area contributed by atoms with E-state index in [1.807, 2.05) is 66.7 Å². The first kappa shape index (κ1) is 17.9. The topological polar surface area (TPSA) is 32.8 Å². The minimum absolute atomic E-state index is 0.0516. The van der Waals surface area contributed by atoms with Crippen LogP contribution in [-0.2, 0) is 0 Å². The Balaban J connectivity index is 1.66. The van der Waals surface area contributed by atoms with Gasteiger partial charge in [0.05, 0.1) is 16.4 Å². The van der Waals surface area contributed by atoms with Crippen LogP contribution in [0.4, 0.5) is 11.4 Å². The van der Waals surface area contributed by atoms with Crippen molar-refractivity contribution in [2.75, 3.05) is 29.9 Å². The number of ether oxygens (including phenoxy) is 1. The highest BCUT2D eigenvalue weighted by Gasteiger charge is 2.28. The third-order valence-electron chi connectivity index (χ3n) is 4.62. The zero-order valence-corrected chi connectivity index (χ0v) is 16.7. The van der Waals surface area contributed by atoms with Gasteiger partial charge < -0.3 is 14.5 Å². The van der Waals surface area contributed by atoms with E-state index >= 15 is 0 Å². The van der Waals surface area contributed by atoms with E-state index in [4.69, 9.17) is 16.3 Å². The van der Waals surface area contributed by atoms with Crippen LogP contribution in [-0.4, -0.2) is 26.0 Å². The van der Waals surface area contributed by atoms with Crippen molar-refractivity contribution in [1.82, 2.24) is 0 Å². The molecule has 0 atom stereocenters. The second-order valence-corrected chi connectivity index (χ2v) is 7.84. The van der Waals surface area contributed by atoms with E-state index in [0.717, 1.165) is 23.5 Å². The number of anilines is 2. The maximum absolute atomic E-state index is 13.3. The van der Waals surface area contributed by atoms with Crippen molar-refractivity contribution in [3.8, 4) is 11.5 Å². The lowest BCUT2D eigenvalue weighted by atomic mass is 10.1. The molecule has 1 aliphatic rings. The maximum Gasteiger partial charge on any atom is 0.272 e. The predicted octanol–water partition coefficient (Wildman–Crippen LogP) is 5.60. The highest BCUT2D eigenvalue weighted by molar-refractivity contribution is 7.12. The van der Waals surface area contributed by atoms with E-state index in [-0.39, 0.29) is 5.91 Å². The van der Waals surface area contributed by atoms with E-state index in [9.17, 15) is 4.79 Å². The molecule has 0 saturated heterocycles. The van der Waals surface area contributed by atoms with Gasteiger partial charge >= 0.3 is 0 Å². The minimum atomic E-state index is -0.0516. The van der Waals surface area contributed by atoms with Crippen molar-refractivity contribution in [2.24, 2.45) is 0 Å². The zero-order chi connectivity index (χ0) is 19.0. The second-order valence-electron chi connectivity index (χ2n) is 6.52. The summed E-state index contributed by atoms with van der Waals surface area (Å²) >= 11 is 7.64. The fourth-order valence-corrected chi connectivity index (χ4v) is 4.10. The number of carbonyl (C=O) groups excluding carboxylic acids is 1. The molecule has 3 aromatic rings. The third kappa shape index (κ3) is 3.40. The number of carbonyl (C=O) groups is 1. The van der Waals surface area contributed by atoms with Crippen LogP contribution < -0.4 is 14.5 Å². The third-order valence-corrected chi connectivity index (χ3v) is 5.81. The summed E-state index contributed by atoms with van der Waals surface area (Å²) < 4.78 is 6.00. The number of aryl methyl sites for hydroxylation is 1. The fraction of sp³-hybridized carbons (Fsp3) is 0.190. The van der Waals surface area contributed by atoms with Gasteiger partial charge in [-0.05, 0) is 48.2 Å². The summed E-state index contributed by atoms with van der Waals surface area (Å²) in [6.07, 6.45) is 0. The molecule has 2 heterocycles. The van der Waals surface area contributed by atoms with Crippen molar-refractivity contribution in [3.05, 3.63) is 69.4 Å². The zero-order valence-electron chi connectivity index (χ0n) is 15.1. The molecule has 1 aromatic heterocycles. The van der Waals surface area contributed by atoms with Crippen LogP contribution in [0.5, 0.6) is 11.5 Å². The van der Waals surface area contributed by atoms with Crippen molar-refractivity contribution < 1.29 is 9.53 Å². The summed E-state index contributed by atoms with van der Waals surface area (Å²) in [7, 11) is 2.04. The van der Waals surface area contributed by atoms with Gasteiger partial charge in [-0.2, -0.15) is 0 Å². The van der Waals surface area contributed by atoms with Crippen LogP contribution >= 0.6 is 22.9 Å². The van der Waals surface area contributed by atoms with Crippen LogP contribution in [0.15, 0.2) is 53.9 Å². The van der Waals surface area contributed by atoms with Gasteiger partial charge in [0.25, 0.3) is 5.91 Å². The molecule has 0 aliphatic carbocycles. The molecule has 1 amide bonds. The normalized spacial score (nSPS) is 13.4. The van der Waals surface area contributed by atoms with Crippen LogP contribution in [0.25, 0.3) is 0 Å². The quantitative estimate of drug-likeness (QED) is 0.575. The molecule has 27 heavy (non-hydrogen) atoms. The van der Waals surface area contributed by atoms with Crippen molar-refractivity contribution in [1.29, 1.82) is 0 Å². The van der Waals surface area contributed by atoms with E-state index in [1.54, 1.807) is 6.07 Å². The Morgan fingerprint density at radius 2 is 1.85 bits per heavy atom. The molecule has 4 rings (SSSR count). The highest BCUT2D eigenvalue weighted by Crippen LogP contribution is 2.38. The molecule has 0 saturated carbocycles. The van der Waals surface area contributed by atoms with Crippen molar-refractivity contribution in [2.45, 2.75) is 6.92 Å². The number of fused-ring (bicyclic) bond motifs is 1. The Bertz CT molecular complexity index is 1000. The summed E-state index contributed by atoms with van der Waals surface area (Å²) in [4.78, 5) is 17.9. The predicted molar refractivity (Wildman–Crippen MR) is 112 cm³/mol. The Morgan fingerprint density at radius 1 is 1.07 bits per heavy atom.